The molecule has 5 nitrogen and oxygen atoms in total. The Morgan fingerprint density at radius 2 is 1.88 bits per heavy atom. The first kappa shape index (κ1) is 13.6. The van der Waals surface area contributed by atoms with Gasteiger partial charge in [-0.05, 0) is 48.6 Å². The van der Waals surface area contributed by atoms with Crippen molar-refractivity contribution in [2.75, 3.05) is 13.2 Å². The highest BCUT2D eigenvalue weighted by atomic mass is 16.6. The molecular formula is C19H16N2O3. The van der Waals surface area contributed by atoms with Crippen molar-refractivity contribution >= 4 is 10.9 Å². The van der Waals surface area contributed by atoms with Crippen molar-refractivity contribution in [3.05, 3.63) is 52.4 Å². The van der Waals surface area contributed by atoms with Crippen LogP contribution >= 0.6 is 0 Å². The van der Waals surface area contributed by atoms with Gasteiger partial charge in [-0.2, -0.15) is 0 Å². The van der Waals surface area contributed by atoms with Gasteiger partial charge in [0.2, 0.25) is 0 Å². The summed E-state index contributed by atoms with van der Waals surface area (Å²) in [7, 11) is 0. The number of nitrogens with one attached hydrogen (secondary N) is 1. The van der Waals surface area contributed by atoms with Gasteiger partial charge in [0.25, 0.3) is 5.56 Å². The van der Waals surface area contributed by atoms with E-state index in [1.54, 1.807) is 6.20 Å². The van der Waals surface area contributed by atoms with Gasteiger partial charge in [0.1, 0.15) is 13.2 Å². The van der Waals surface area contributed by atoms with E-state index in [0.29, 0.717) is 30.4 Å². The molecule has 0 saturated heterocycles. The van der Waals surface area contributed by atoms with Crippen molar-refractivity contribution in [1.29, 1.82) is 0 Å². The van der Waals surface area contributed by atoms with Crippen LogP contribution in [0.1, 0.15) is 24.3 Å². The van der Waals surface area contributed by atoms with E-state index < -0.39 is 0 Å². The summed E-state index contributed by atoms with van der Waals surface area (Å²) >= 11 is 0. The summed E-state index contributed by atoms with van der Waals surface area (Å²) in [6.45, 7) is 1.12. The average molecular weight is 320 g/mol. The first-order valence-corrected chi connectivity index (χ1v) is 8.22. The summed E-state index contributed by atoms with van der Waals surface area (Å²) in [5.74, 6) is 2.05. The Balaban J connectivity index is 1.78. The van der Waals surface area contributed by atoms with E-state index in [0.717, 1.165) is 22.4 Å². The molecule has 0 radical (unpaired) electrons. The Morgan fingerprint density at radius 1 is 1.08 bits per heavy atom. The van der Waals surface area contributed by atoms with E-state index >= 15 is 0 Å². The number of aromatic amines is 1. The number of ether oxygens (including phenoxy) is 2. The first-order chi connectivity index (χ1) is 11.8. The summed E-state index contributed by atoms with van der Waals surface area (Å²) in [4.78, 5) is 19.6. The van der Waals surface area contributed by atoms with Crippen molar-refractivity contribution in [2.24, 2.45) is 0 Å². The third-order valence-corrected chi connectivity index (χ3v) is 4.62. The molecule has 1 saturated carbocycles. The molecule has 1 fully saturated rings. The molecule has 0 amide bonds. The van der Waals surface area contributed by atoms with Crippen LogP contribution in [0.4, 0.5) is 0 Å². The van der Waals surface area contributed by atoms with E-state index in [4.69, 9.17) is 14.5 Å². The highest BCUT2D eigenvalue weighted by Gasteiger charge is 2.28. The zero-order valence-electron chi connectivity index (χ0n) is 13.0. The number of benzene rings is 1. The molecule has 0 atom stereocenters. The van der Waals surface area contributed by atoms with Gasteiger partial charge in [0.15, 0.2) is 11.5 Å². The van der Waals surface area contributed by atoms with E-state index in [9.17, 15) is 4.79 Å². The third kappa shape index (κ3) is 2.16. The molecule has 1 N–H and O–H groups in total. The van der Waals surface area contributed by atoms with Crippen LogP contribution in [0.5, 0.6) is 11.5 Å². The highest BCUT2D eigenvalue weighted by molar-refractivity contribution is 5.89. The maximum Gasteiger partial charge on any atom is 0.257 e. The van der Waals surface area contributed by atoms with Gasteiger partial charge in [0.05, 0.1) is 16.8 Å². The second-order valence-corrected chi connectivity index (χ2v) is 6.30. The van der Waals surface area contributed by atoms with Crippen molar-refractivity contribution in [2.45, 2.75) is 18.8 Å². The van der Waals surface area contributed by atoms with Gasteiger partial charge in [-0.1, -0.05) is 0 Å². The predicted molar refractivity (Wildman–Crippen MR) is 90.8 cm³/mol. The van der Waals surface area contributed by atoms with Crippen LogP contribution in [0.3, 0.4) is 0 Å². The van der Waals surface area contributed by atoms with E-state index in [1.807, 2.05) is 24.3 Å². The van der Waals surface area contributed by atoms with Gasteiger partial charge in [-0.15, -0.1) is 0 Å². The molecule has 0 spiro atoms. The van der Waals surface area contributed by atoms with Crippen LogP contribution in [-0.2, 0) is 0 Å². The number of aromatic nitrogens is 2. The van der Waals surface area contributed by atoms with Crippen molar-refractivity contribution in [3.8, 4) is 22.8 Å². The third-order valence-electron chi connectivity index (χ3n) is 4.62. The van der Waals surface area contributed by atoms with Crippen LogP contribution in [0.25, 0.3) is 22.2 Å². The fourth-order valence-corrected chi connectivity index (χ4v) is 3.28. The van der Waals surface area contributed by atoms with Crippen molar-refractivity contribution < 1.29 is 9.47 Å². The predicted octanol–water partition coefficient (Wildman–Crippen LogP) is 3.24. The normalized spacial score (nSPS) is 16.3. The minimum atomic E-state index is -0.122. The lowest BCUT2D eigenvalue weighted by Crippen LogP contribution is -2.15. The molecule has 2 aromatic heterocycles. The Labute approximate surface area is 138 Å². The maximum atomic E-state index is 12.1. The van der Waals surface area contributed by atoms with Crippen LogP contribution in [-0.4, -0.2) is 23.2 Å². The fourth-order valence-electron chi connectivity index (χ4n) is 3.28. The number of nitrogens with zero attached hydrogens (tertiary/aromatic N) is 1. The highest BCUT2D eigenvalue weighted by Crippen LogP contribution is 2.46. The maximum absolute atomic E-state index is 12.1. The van der Waals surface area contributed by atoms with Crippen LogP contribution in [0.15, 0.2) is 41.3 Å². The minimum absolute atomic E-state index is 0.122. The van der Waals surface area contributed by atoms with Crippen LogP contribution in [0, 0.1) is 0 Å². The minimum Gasteiger partial charge on any atom is -0.486 e. The number of pyridine rings is 2. The Hall–Kier alpha value is -2.82. The van der Waals surface area contributed by atoms with Gasteiger partial charge < -0.3 is 14.5 Å². The molecule has 0 unspecified atom stereocenters. The largest absolute Gasteiger partial charge is 0.486 e. The van der Waals surface area contributed by atoms with Gasteiger partial charge in [0, 0.05) is 17.6 Å². The average Bonchev–Trinajstić information content (AvgIpc) is 3.44. The first-order valence-electron chi connectivity index (χ1n) is 8.22. The second kappa shape index (κ2) is 5.09. The smallest absolute Gasteiger partial charge is 0.257 e. The number of rotatable bonds is 2. The van der Waals surface area contributed by atoms with Gasteiger partial charge in [-0.25, -0.2) is 4.98 Å². The van der Waals surface area contributed by atoms with Crippen molar-refractivity contribution in [1.82, 2.24) is 9.97 Å². The molecule has 5 heteroatoms. The van der Waals surface area contributed by atoms with E-state index in [-0.39, 0.29) is 5.56 Å². The van der Waals surface area contributed by atoms with Gasteiger partial charge >= 0.3 is 0 Å². The Bertz CT molecular complexity index is 1010. The SMILES string of the molecule is O=c1[nH]cccc1-c1cc(C2CC2)c2cc3c(cc2n1)OCCO3. The topological polar surface area (TPSA) is 64.2 Å². The summed E-state index contributed by atoms with van der Waals surface area (Å²) in [5.41, 5.74) is 3.28. The number of hydrogen-bond donors (Lipinski definition) is 1. The second-order valence-electron chi connectivity index (χ2n) is 6.30. The Morgan fingerprint density at radius 3 is 2.62 bits per heavy atom. The Kier molecular flexibility index (Phi) is 2.89. The molecule has 120 valence electrons. The molecule has 24 heavy (non-hydrogen) atoms. The van der Waals surface area contributed by atoms with E-state index in [2.05, 4.69) is 11.1 Å². The van der Waals surface area contributed by atoms with Crippen LogP contribution in [0.2, 0.25) is 0 Å². The van der Waals surface area contributed by atoms with Crippen LogP contribution < -0.4 is 15.0 Å². The molecule has 3 heterocycles. The number of hydrogen-bond acceptors (Lipinski definition) is 4. The molecule has 2 aliphatic rings. The molecule has 0 bridgehead atoms. The molecule has 1 aliphatic heterocycles. The molecule has 1 aromatic carbocycles. The monoisotopic (exact) mass is 320 g/mol. The molecule has 1 aliphatic carbocycles. The fraction of sp³-hybridized carbons (Fsp3) is 0.263. The molecule has 5 rings (SSSR count). The lowest BCUT2D eigenvalue weighted by Gasteiger charge is -2.19. The number of fused-ring (bicyclic) bond motifs is 2. The molecular weight excluding hydrogens is 304 g/mol. The lowest BCUT2D eigenvalue weighted by atomic mass is 10.0. The zero-order valence-corrected chi connectivity index (χ0v) is 13.0. The zero-order chi connectivity index (χ0) is 16.1. The van der Waals surface area contributed by atoms with Crippen molar-refractivity contribution in [3.63, 3.8) is 0 Å². The summed E-state index contributed by atoms with van der Waals surface area (Å²) in [5, 5.41) is 1.10. The van der Waals surface area contributed by atoms with E-state index in [1.165, 1.54) is 18.4 Å². The standard InChI is InChI=1S/C19H16N2O3/c22-19-12(2-1-5-20-19)15-8-13(11-3-4-11)14-9-17-18(10-16(14)21-15)24-7-6-23-17/h1-2,5,8-11H,3-4,6-7H2,(H,20,22). The lowest BCUT2D eigenvalue weighted by molar-refractivity contribution is 0.172. The quantitative estimate of drug-likeness (QED) is 0.787. The molecule has 3 aromatic rings. The van der Waals surface area contributed by atoms with Gasteiger partial charge in [-0.3, -0.25) is 4.79 Å². The summed E-state index contributed by atoms with van der Waals surface area (Å²) in [6, 6.07) is 9.64. The number of H-pyrrole nitrogens is 1. The summed E-state index contributed by atoms with van der Waals surface area (Å²) < 4.78 is 11.4. The summed E-state index contributed by atoms with van der Waals surface area (Å²) in [6.07, 6.45) is 3.99.